The maximum Gasteiger partial charge on any atom is 0.263 e. The average Bonchev–Trinajstić information content (AvgIpc) is 2.88. The lowest BCUT2D eigenvalue weighted by atomic mass is 10.2. The van der Waals surface area contributed by atoms with Gasteiger partial charge in [0.1, 0.15) is 10.5 Å². The lowest BCUT2D eigenvalue weighted by molar-refractivity contribution is 0.489. The molecule has 1 aromatic carbocycles. The molecule has 0 fully saturated rings. The van der Waals surface area contributed by atoms with Gasteiger partial charge in [-0.25, -0.2) is 9.97 Å². The van der Waals surface area contributed by atoms with Crippen LogP contribution in [0.15, 0.2) is 57.3 Å². The molecule has 0 unspecified atom stereocenters. The minimum absolute atomic E-state index is 0.437. The van der Waals surface area contributed by atoms with Crippen molar-refractivity contribution in [2.24, 2.45) is 0 Å². The summed E-state index contributed by atoms with van der Waals surface area (Å²) < 4.78 is 5.74. The molecule has 21 heavy (non-hydrogen) atoms. The van der Waals surface area contributed by atoms with Crippen molar-refractivity contribution in [3.05, 3.63) is 48.2 Å². The molecule has 3 rings (SSSR count). The summed E-state index contributed by atoms with van der Waals surface area (Å²) >= 11 is 1.46. The Morgan fingerprint density at radius 3 is 2.86 bits per heavy atom. The van der Waals surface area contributed by atoms with Gasteiger partial charge in [-0.15, -0.1) is 0 Å². The molecule has 2 heterocycles. The molecule has 4 nitrogen and oxygen atoms in total. The molecule has 108 valence electrons. The van der Waals surface area contributed by atoms with E-state index in [1.807, 2.05) is 30.3 Å². The third kappa shape index (κ3) is 3.43. The first kappa shape index (κ1) is 14.1. The number of oxazole rings is 1. The van der Waals surface area contributed by atoms with Crippen molar-refractivity contribution < 1.29 is 4.42 Å². The summed E-state index contributed by atoms with van der Waals surface area (Å²) in [5, 5.41) is 4.96. The predicted octanol–water partition coefficient (Wildman–Crippen LogP) is 3.87. The molecular weight excluding hydrogens is 282 g/mol. The van der Waals surface area contributed by atoms with E-state index >= 15 is 0 Å². The van der Waals surface area contributed by atoms with Gasteiger partial charge in [0.25, 0.3) is 5.22 Å². The van der Waals surface area contributed by atoms with Gasteiger partial charge in [-0.3, -0.25) is 0 Å². The molecule has 0 aliphatic carbocycles. The van der Waals surface area contributed by atoms with E-state index in [2.05, 4.69) is 35.2 Å². The zero-order valence-corrected chi connectivity index (χ0v) is 12.9. The molecule has 0 saturated carbocycles. The number of hydrogen-bond acceptors (Lipinski definition) is 5. The standard InChI is InChI=1S/C16H17N3OS/c1-11(2)18-10-12-6-5-9-17-15(12)21-16-19-13-7-3-4-8-14(13)20-16/h3-9,11,18H,10H2,1-2H3. The Labute approximate surface area is 128 Å². The van der Waals surface area contributed by atoms with Crippen LogP contribution in [0.4, 0.5) is 0 Å². The molecule has 0 amide bonds. The van der Waals surface area contributed by atoms with E-state index < -0.39 is 0 Å². The second-order valence-corrected chi connectivity index (χ2v) is 5.99. The van der Waals surface area contributed by atoms with Crippen LogP contribution in [0.25, 0.3) is 11.1 Å². The summed E-state index contributed by atoms with van der Waals surface area (Å²) in [6.07, 6.45) is 1.80. The molecule has 0 saturated heterocycles. The Morgan fingerprint density at radius 2 is 2.05 bits per heavy atom. The molecule has 0 atom stereocenters. The first-order valence-corrected chi connectivity index (χ1v) is 7.75. The van der Waals surface area contributed by atoms with E-state index in [9.17, 15) is 0 Å². The number of fused-ring (bicyclic) bond motifs is 1. The van der Waals surface area contributed by atoms with Crippen molar-refractivity contribution in [3.63, 3.8) is 0 Å². The number of pyridine rings is 1. The third-order valence-corrected chi connectivity index (χ3v) is 3.92. The van der Waals surface area contributed by atoms with E-state index in [4.69, 9.17) is 4.42 Å². The average molecular weight is 299 g/mol. The SMILES string of the molecule is CC(C)NCc1cccnc1Sc1nc2ccccc2o1. The van der Waals surface area contributed by atoms with Crippen LogP contribution in [0.2, 0.25) is 0 Å². The molecule has 0 radical (unpaired) electrons. The Hall–Kier alpha value is -1.85. The summed E-state index contributed by atoms with van der Waals surface area (Å²) in [4.78, 5) is 8.93. The van der Waals surface area contributed by atoms with E-state index in [0.717, 1.165) is 28.2 Å². The number of para-hydroxylation sites is 2. The van der Waals surface area contributed by atoms with Crippen molar-refractivity contribution >= 4 is 22.9 Å². The van der Waals surface area contributed by atoms with Crippen LogP contribution in [0.5, 0.6) is 0 Å². The van der Waals surface area contributed by atoms with Crippen LogP contribution in [0, 0.1) is 0 Å². The molecule has 0 spiro atoms. The predicted molar refractivity (Wildman–Crippen MR) is 84.3 cm³/mol. The molecule has 0 aliphatic rings. The monoisotopic (exact) mass is 299 g/mol. The van der Waals surface area contributed by atoms with Crippen LogP contribution in [0.1, 0.15) is 19.4 Å². The summed E-state index contributed by atoms with van der Waals surface area (Å²) in [5.74, 6) is 0. The van der Waals surface area contributed by atoms with Crippen LogP contribution >= 0.6 is 11.8 Å². The van der Waals surface area contributed by atoms with E-state index in [1.165, 1.54) is 11.8 Å². The first-order chi connectivity index (χ1) is 10.2. The Morgan fingerprint density at radius 1 is 1.19 bits per heavy atom. The van der Waals surface area contributed by atoms with Crippen LogP contribution < -0.4 is 5.32 Å². The summed E-state index contributed by atoms with van der Waals surface area (Å²) in [6.45, 7) is 5.04. The fourth-order valence-electron chi connectivity index (χ4n) is 1.94. The highest BCUT2D eigenvalue weighted by Gasteiger charge is 2.11. The highest BCUT2D eigenvalue weighted by molar-refractivity contribution is 7.99. The second-order valence-electron chi connectivity index (χ2n) is 5.05. The van der Waals surface area contributed by atoms with Crippen molar-refractivity contribution in [2.75, 3.05) is 0 Å². The van der Waals surface area contributed by atoms with Gasteiger partial charge >= 0.3 is 0 Å². The highest BCUT2D eigenvalue weighted by atomic mass is 32.2. The zero-order chi connectivity index (χ0) is 14.7. The zero-order valence-electron chi connectivity index (χ0n) is 12.0. The van der Waals surface area contributed by atoms with Gasteiger partial charge in [0.2, 0.25) is 0 Å². The topological polar surface area (TPSA) is 51.0 Å². The summed E-state index contributed by atoms with van der Waals surface area (Å²) in [7, 11) is 0. The lowest BCUT2D eigenvalue weighted by Crippen LogP contribution is -2.22. The van der Waals surface area contributed by atoms with Crippen molar-refractivity contribution in [2.45, 2.75) is 36.7 Å². The molecule has 3 aromatic rings. The normalized spacial score (nSPS) is 11.4. The molecule has 2 aromatic heterocycles. The number of nitrogens with zero attached hydrogens (tertiary/aromatic N) is 2. The molecule has 1 N–H and O–H groups in total. The lowest BCUT2D eigenvalue weighted by Gasteiger charge is -2.10. The van der Waals surface area contributed by atoms with Crippen molar-refractivity contribution in [3.8, 4) is 0 Å². The van der Waals surface area contributed by atoms with Gasteiger partial charge in [0, 0.05) is 18.8 Å². The smallest absolute Gasteiger partial charge is 0.263 e. The Balaban J connectivity index is 1.83. The largest absolute Gasteiger partial charge is 0.431 e. The summed E-state index contributed by atoms with van der Waals surface area (Å²) in [6, 6.07) is 12.2. The van der Waals surface area contributed by atoms with Crippen LogP contribution in [-0.4, -0.2) is 16.0 Å². The van der Waals surface area contributed by atoms with Gasteiger partial charge in [-0.1, -0.05) is 32.0 Å². The molecule has 0 bridgehead atoms. The van der Waals surface area contributed by atoms with Gasteiger partial charge in [-0.2, -0.15) is 0 Å². The quantitative estimate of drug-likeness (QED) is 0.775. The number of nitrogens with one attached hydrogen (secondary N) is 1. The van der Waals surface area contributed by atoms with Gasteiger partial charge in [-0.05, 0) is 35.5 Å². The minimum Gasteiger partial charge on any atom is -0.431 e. The van der Waals surface area contributed by atoms with E-state index in [1.54, 1.807) is 6.20 Å². The Kier molecular flexibility index (Phi) is 4.22. The van der Waals surface area contributed by atoms with Crippen LogP contribution in [-0.2, 0) is 6.54 Å². The maximum absolute atomic E-state index is 5.74. The minimum atomic E-state index is 0.437. The molecule has 0 aliphatic heterocycles. The third-order valence-electron chi connectivity index (χ3n) is 3.01. The van der Waals surface area contributed by atoms with Gasteiger partial charge in [0.15, 0.2) is 5.58 Å². The molecule has 5 heteroatoms. The fourth-order valence-corrected chi connectivity index (χ4v) is 2.77. The van der Waals surface area contributed by atoms with Gasteiger partial charge in [0.05, 0.1) is 0 Å². The number of hydrogen-bond donors (Lipinski definition) is 1. The Bertz CT molecular complexity index is 706. The summed E-state index contributed by atoms with van der Waals surface area (Å²) in [5.41, 5.74) is 2.83. The fraction of sp³-hybridized carbons (Fsp3) is 0.250. The first-order valence-electron chi connectivity index (χ1n) is 6.93. The number of rotatable bonds is 5. The van der Waals surface area contributed by atoms with Crippen LogP contribution in [0.3, 0.4) is 0 Å². The van der Waals surface area contributed by atoms with E-state index in [-0.39, 0.29) is 0 Å². The highest BCUT2D eigenvalue weighted by Crippen LogP contribution is 2.30. The second kappa shape index (κ2) is 6.28. The van der Waals surface area contributed by atoms with Gasteiger partial charge < -0.3 is 9.73 Å². The van der Waals surface area contributed by atoms with E-state index in [0.29, 0.717) is 11.3 Å². The van der Waals surface area contributed by atoms with Crippen molar-refractivity contribution in [1.29, 1.82) is 0 Å². The number of aromatic nitrogens is 2. The van der Waals surface area contributed by atoms with Crippen molar-refractivity contribution in [1.82, 2.24) is 15.3 Å². The number of benzene rings is 1. The maximum atomic E-state index is 5.74. The molecular formula is C16H17N3OS.